The van der Waals surface area contributed by atoms with E-state index in [9.17, 15) is 0 Å². The zero-order valence-electron chi connectivity index (χ0n) is 9.03. The summed E-state index contributed by atoms with van der Waals surface area (Å²) >= 11 is 5.69. The van der Waals surface area contributed by atoms with Crippen LogP contribution in [0.1, 0.15) is 11.3 Å². The Morgan fingerprint density at radius 3 is 2.62 bits per heavy atom. The highest BCUT2D eigenvalue weighted by Crippen LogP contribution is 2.15. The van der Waals surface area contributed by atoms with Crippen molar-refractivity contribution in [3.8, 4) is 0 Å². The third kappa shape index (κ3) is 2.67. The van der Waals surface area contributed by atoms with Gasteiger partial charge in [-0.25, -0.2) is 15.0 Å². The van der Waals surface area contributed by atoms with Crippen molar-refractivity contribution in [3.63, 3.8) is 0 Å². The van der Waals surface area contributed by atoms with E-state index in [-0.39, 0.29) is 5.28 Å². The molecule has 1 N–H and O–H groups in total. The minimum atomic E-state index is 0.217. The van der Waals surface area contributed by atoms with Gasteiger partial charge in [-0.15, -0.1) is 0 Å². The van der Waals surface area contributed by atoms with Crippen LogP contribution in [0.15, 0.2) is 24.4 Å². The molecule has 2 rings (SSSR count). The summed E-state index contributed by atoms with van der Waals surface area (Å²) in [6.45, 7) is 3.97. The first-order valence-corrected chi connectivity index (χ1v) is 5.22. The fourth-order valence-electron chi connectivity index (χ4n) is 1.44. The second kappa shape index (κ2) is 4.45. The number of anilines is 2. The molecule has 0 amide bonds. The molecule has 0 saturated heterocycles. The first-order valence-electron chi connectivity index (χ1n) is 4.84. The van der Waals surface area contributed by atoms with Crippen LogP contribution in [0, 0.1) is 13.8 Å². The van der Waals surface area contributed by atoms with E-state index in [1.807, 2.05) is 26.0 Å². The average molecular weight is 235 g/mol. The van der Waals surface area contributed by atoms with E-state index in [0.717, 1.165) is 17.1 Å². The zero-order chi connectivity index (χ0) is 11.5. The molecule has 16 heavy (non-hydrogen) atoms. The Balaban J connectivity index is 2.27. The van der Waals surface area contributed by atoms with Crippen molar-refractivity contribution >= 4 is 23.2 Å². The van der Waals surface area contributed by atoms with Crippen molar-refractivity contribution < 1.29 is 0 Å². The SMILES string of the molecule is Cc1cc(C)nc(Nc2ccnc(Cl)n2)c1. The van der Waals surface area contributed by atoms with Gasteiger partial charge in [0, 0.05) is 11.9 Å². The lowest BCUT2D eigenvalue weighted by Gasteiger charge is -2.06. The number of rotatable bonds is 2. The standard InChI is InChI=1S/C11H11ClN4/c1-7-5-8(2)14-10(6-7)15-9-3-4-13-11(12)16-9/h3-6H,1-2H3,(H,13,14,15,16). The van der Waals surface area contributed by atoms with E-state index in [1.165, 1.54) is 0 Å². The van der Waals surface area contributed by atoms with Gasteiger partial charge in [0.05, 0.1) is 0 Å². The Morgan fingerprint density at radius 2 is 1.94 bits per heavy atom. The van der Waals surface area contributed by atoms with Crippen LogP contribution in [0.25, 0.3) is 0 Å². The van der Waals surface area contributed by atoms with Crippen LogP contribution in [-0.2, 0) is 0 Å². The van der Waals surface area contributed by atoms with Crippen LogP contribution >= 0.6 is 11.6 Å². The molecule has 0 aromatic carbocycles. The molecular weight excluding hydrogens is 224 g/mol. The van der Waals surface area contributed by atoms with Gasteiger partial charge < -0.3 is 5.32 Å². The summed E-state index contributed by atoms with van der Waals surface area (Å²) in [6.07, 6.45) is 1.60. The zero-order valence-corrected chi connectivity index (χ0v) is 9.78. The lowest BCUT2D eigenvalue weighted by molar-refractivity contribution is 1.14. The number of halogens is 1. The molecule has 0 saturated carbocycles. The molecule has 2 heterocycles. The normalized spacial score (nSPS) is 10.2. The Hall–Kier alpha value is -1.68. The fourth-order valence-corrected chi connectivity index (χ4v) is 1.59. The van der Waals surface area contributed by atoms with E-state index in [1.54, 1.807) is 12.3 Å². The fraction of sp³-hybridized carbons (Fsp3) is 0.182. The van der Waals surface area contributed by atoms with Crippen LogP contribution in [-0.4, -0.2) is 15.0 Å². The van der Waals surface area contributed by atoms with Gasteiger partial charge in [0.1, 0.15) is 11.6 Å². The van der Waals surface area contributed by atoms with Crippen molar-refractivity contribution in [2.24, 2.45) is 0 Å². The second-order valence-corrected chi connectivity index (χ2v) is 3.85. The Kier molecular flexibility index (Phi) is 3.01. The molecule has 5 heteroatoms. The van der Waals surface area contributed by atoms with E-state index in [2.05, 4.69) is 20.3 Å². The molecule has 0 spiro atoms. The highest BCUT2D eigenvalue weighted by atomic mass is 35.5. The Bertz CT molecular complexity index is 493. The van der Waals surface area contributed by atoms with Crippen LogP contribution in [0.5, 0.6) is 0 Å². The monoisotopic (exact) mass is 234 g/mol. The van der Waals surface area contributed by atoms with Crippen molar-refractivity contribution in [3.05, 3.63) is 40.9 Å². The number of hydrogen-bond donors (Lipinski definition) is 1. The molecule has 4 nitrogen and oxygen atoms in total. The van der Waals surface area contributed by atoms with E-state index in [4.69, 9.17) is 11.6 Å². The van der Waals surface area contributed by atoms with Gasteiger partial charge in [-0.2, -0.15) is 0 Å². The van der Waals surface area contributed by atoms with Crippen molar-refractivity contribution in [2.45, 2.75) is 13.8 Å². The summed E-state index contributed by atoms with van der Waals surface area (Å²) in [5.41, 5.74) is 2.11. The predicted molar refractivity (Wildman–Crippen MR) is 64.0 cm³/mol. The van der Waals surface area contributed by atoms with Crippen LogP contribution in [0.4, 0.5) is 11.6 Å². The van der Waals surface area contributed by atoms with Crippen LogP contribution < -0.4 is 5.32 Å². The lowest BCUT2D eigenvalue weighted by atomic mass is 10.2. The molecule has 0 bridgehead atoms. The molecule has 82 valence electrons. The number of nitrogens with zero attached hydrogens (tertiary/aromatic N) is 3. The smallest absolute Gasteiger partial charge is 0.224 e. The second-order valence-electron chi connectivity index (χ2n) is 3.51. The maximum absolute atomic E-state index is 5.69. The maximum atomic E-state index is 5.69. The van der Waals surface area contributed by atoms with Gasteiger partial charge in [0.2, 0.25) is 5.28 Å². The van der Waals surface area contributed by atoms with Gasteiger partial charge in [0.15, 0.2) is 0 Å². The van der Waals surface area contributed by atoms with Crippen molar-refractivity contribution in [1.82, 2.24) is 15.0 Å². The van der Waals surface area contributed by atoms with Crippen molar-refractivity contribution in [1.29, 1.82) is 0 Å². The van der Waals surface area contributed by atoms with E-state index >= 15 is 0 Å². The van der Waals surface area contributed by atoms with Crippen LogP contribution in [0.2, 0.25) is 5.28 Å². The summed E-state index contributed by atoms with van der Waals surface area (Å²) in [5, 5.41) is 3.30. The summed E-state index contributed by atoms with van der Waals surface area (Å²) < 4.78 is 0. The molecule has 2 aromatic rings. The number of aryl methyl sites for hydroxylation is 2. The molecule has 0 aliphatic heterocycles. The summed E-state index contributed by atoms with van der Waals surface area (Å²) in [7, 11) is 0. The van der Waals surface area contributed by atoms with Gasteiger partial charge in [-0.3, -0.25) is 0 Å². The Morgan fingerprint density at radius 1 is 1.12 bits per heavy atom. The molecular formula is C11H11ClN4. The quantitative estimate of drug-likeness (QED) is 0.812. The van der Waals surface area contributed by atoms with Gasteiger partial charge in [0.25, 0.3) is 0 Å². The molecule has 0 fully saturated rings. The summed E-state index contributed by atoms with van der Waals surface area (Å²) in [4.78, 5) is 12.2. The first kappa shape index (κ1) is 10.8. The summed E-state index contributed by atoms with van der Waals surface area (Å²) in [6, 6.07) is 5.70. The highest BCUT2D eigenvalue weighted by Gasteiger charge is 2.00. The molecule has 0 unspecified atom stereocenters. The maximum Gasteiger partial charge on any atom is 0.224 e. The van der Waals surface area contributed by atoms with E-state index < -0.39 is 0 Å². The number of pyridine rings is 1. The summed E-state index contributed by atoms with van der Waals surface area (Å²) in [5.74, 6) is 1.39. The highest BCUT2D eigenvalue weighted by molar-refractivity contribution is 6.28. The first-order chi connectivity index (χ1) is 7.63. The molecule has 2 aromatic heterocycles. The van der Waals surface area contributed by atoms with Gasteiger partial charge in [-0.05, 0) is 49.2 Å². The third-order valence-corrected chi connectivity index (χ3v) is 2.16. The van der Waals surface area contributed by atoms with Gasteiger partial charge >= 0.3 is 0 Å². The molecule has 0 atom stereocenters. The predicted octanol–water partition coefficient (Wildman–Crippen LogP) is 2.89. The van der Waals surface area contributed by atoms with Crippen molar-refractivity contribution in [2.75, 3.05) is 5.32 Å². The lowest BCUT2D eigenvalue weighted by Crippen LogP contribution is -1.98. The largest absolute Gasteiger partial charge is 0.325 e. The number of hydrogen-bond acceptors (Lipinski definition) is 4. The minimum Gasteiger partial charge on any atom is -0.325 e. The average Bonchev–Trinajstić information content (AvgIpc) is 2.15. The minimum absolute atomic E-state index is 0.217. The van der Waals surface area contributed by atoms with E-state index in [0.29, 0.717) is 5.82 Å². The Labute approximate surface area is 98.7 Å². The topological polar surface area (TPSA) is 50.7 Å². The van der Waals surface area contributed by atoms with Gasteiger partial charge in [-0.1, -0.05) is 0 Å². The molecule has 0 aliphatic carbocycles. The number of aromatic nitrogens is 3. The third-order valence-electron chi connectivity index (χ3n) is 1.98. The number of nitrogens with one attached hydrogen (secondary N) is 1. The van der Waals surface area contributed by atoms with Crippen LogP contribution in [0.3, 0.4) is 0 Å². The molecule has 0 aliphatic rings. The molecule has 0 radical (unpaired) electrons.